The molecule has 4 nitrogen and oxygen atoms in total. The molecule has 0 fully saturated rings. The smallest absolute Gasteiger partial charge is 0.225 e. The number of benzene rings is 1. The largest absolute Gasteiger partial charge is 0.495 e. The van der Waals surface area contributed by atoms with Crippen LogP contribution in [0, 0.1) is 0 Å². The SMILES string of the molecule is CNCCC(=O)Nc1ccc(Br)c(OC)c1. The van der Waals surface area contributed by atoms with Crippen LogP contribution in [0.2, 0.25) is 0 Å². The molecule has 1 aromatic carbocycles. The number of ether oxygens (including phenoxy) is 1. The minimum Gasteiger partial charge on any atom is -0.495 e. The Morgan fingerprint density at radius 2 is 2.25 bits per heavy atom. The molecule has 88 valence electrons. The molecule has 0 atom stereocenters. The minimum absolute atomic E-state index is 0.0151. The number of amides is 1. The number of carbonyl (C=O) groups is 1. The molecule has 1 aromatic rings. The van der Waals surface area contributed by atoms with Crippen LogP contribution in [0.25, 0.3) is 0 Å². The van der Waals surface area contributed by atoms with Crippen LogP contribution in [-0.4, -0.2) is 26.6 Å². The van der Waals surface area contributed by atoms with Gasteiger partial charge in [-0.05, 0) is 35.1 Å². The summed E-state index contributed by atoms with van der Waals surface area (Å²) in [4.78, 5) is 11.5. The molecule has 0 heterocycles. The Labute approximate surface area is 103 Å². The van der Waals surface area contributed by atoms with E-state index >= 15 is 0 Å². The molecule has 2 N–H and O–H groups in total. The van der Waals surface area contributed by atoms with Crippen molar-refractivity contribution in [3.8, 4) is 5.75 Å². The molecule has 0 aliphatic rings. The second-order valence-corrected chi connectivity index (χ2v) is 4.11. The van der Waals surface area contributed by atoms with Crippen molar-refractivity contribution in [1.29, 1.82) is 0 Å². The van der Waals surface area contributed by atoms with E-state index in [-0.39, 0.29) is 5.91 Å². The Morgan fingerprint density at radius 1 is 1.50 bits per heavy atom. The van der Waals surface area contributed by atoms with Crippen LogP contribution in [-0.2, 0) is 4.79 Å². The van der Waals surface area contributed by atoms with Crippen LogP contribution >= 0.6 is 15.9 Å². The highest BCUT2D eigenvalue weighted by Crippen LogP contribution is 2.27. The Morgan fingerprint density at radius 3 is 2.88 bits per heavy atom. The molecule has 1 rings (SSSR count). The van der Waals surface area contributed by atoms with Crippen LogP contribution in [0.15, 0.2) is 22.7 Å². The first-order chi connectivity index (χ1) is 7.67. The van der Waals surface area contributed by atoms with E-state index in [1.807, 2.05) is 19.2 Å². The summed E-state index contributed by atoms with van der Waals surface area (Å²) >= 11 is 3.35. The number of nitrogens with one attached hydrogen (secondary N) is 2. The van der Waals surface area contributed by atoms with E-state index < -0.39 is 0 Å². The molecule has 16 heavy (non-hydrogen) atoms. The van der Waals surface area contributed by atoms with Crippen molar-refractivity contribution in [2.24, 2.45) is 0 Å². The topological polar surface area (TPSA) is 50.4 Å². The summed E-state index contributed by atoms with van der Waals surface area (Å²) in [5.41, 5.74) is 0.737. The van der Waals surface area contributed by atoms with Gasteiger partial charge in [0.1, 0.15) is 5.75 Å². The number of halogens is 1. The van der Waals surface area contributed by atoms with Crippen molar-refractivity contribution in [1.82, 2.24) is 5.32 Å². The van der Waals surface area contributed by atoms with Crippen LogP contribution in [0.5, 0.6) is 5.75 Å². The van der Waals surface area contributed by atoms with Crippen molar-refractivity contribution in [2.45, 2.75) is 6.42 Å². The predicted octanol–water partition coefficient (Wildman–Crippen LogP) is 2.01. The molecule has 0 unspecified atom stereocenters. The minimum atomic E-state index is -0.0151. The lowest BCUT2D eigenvalue weighted by Gasteiger charge is -2.08. The van der Waals surface area contributed by atoms with Gasteiger partial charge in [0, 0.05) is 24.7 Å². The summed E-state index contributed by atoms with van der Waals surface area (Å²) in [5, 5.41) is 5.72. The average Bonchev–Trinajstić information content (AvgIpc) is 2.29. The molecule has 0 radical (unpaired) electrons. The third-order valence-corrected chi connectivity index (χ3v) is 2.69. The van der Waals surface area contributed by atoms with Gasteiger partial charge in [0.25, 0.3) is 0 Å². The zero-order valence-electron chi connectivity index (χ0n) is 9.34. The first-order valence-corrected chi connectivity index (χ1v) is 5.74. The van der Waals surface area contributed by atoms with Gasteiger partial charge in [0.15, 0.2) is 0 Å². The van der Waals surface area contributed by atoms with Gasteiger partial charge >= 0.3 is 0 Å². The van der Waals surface area contributed by atoms with Crippen molar-refractivity contribution in [3.05, 3.63) is 22.7 Å². The second kappa shape index (κ2) is 6.50. The highest BCUT2D eigenvalue weighted by molar-refractivity contribution is 9.10. The maximum atomic E-state index is 11.5. The van der Waals surface area contributed by atoms with Crippen LogP contribution < -0.4 is 15.4 Å². The number of rotatable bonds is 5. The third kappa shape index (κ3) is 3.83. The van der Waals surface area contributed by atoms with Gasteiger partial charge in [-0.15, -0.1) is 0 Å². The quantitative estimate of drug-likeness (QED) is 0.871. The molecule has 0 aromatic heterocycles. The fourth-order valence-electron chi connectivity index (χ4n) is 1.20. The van der Waals surface area contributed by atoms with Crippen molar-refractivity contribution < 1.29 is 9.53 Å². The molecule has 5 heteroatoms. The average molecular weight is 287 g/mol. The normalized spacial score (nSPS) is 9.94. The molecule has 0 aliphatic heterocycles. The first-order valence-electron chi connectivity index (χ1n) is 4.95. The number of hydrogen-bond acceptors (Lipinski definition) is 3. The zero-order valence-corrected chi connectivity index (χ0v) is 10.9. The molecular formula is C11H15BrN2O2. The molecule has 1 amide bonds. The van der Waals surface area contributed by atoms with Gasteiger partial charge in [0.05, 0.1) is 11.6 Å². The highest BCUT2D eigenvalue weighted by atomic mass is 79.9. The van der Waals surface area contributed by atoms with E-state index in [2.05, 4.69) is 26.6 Å². The number of anilines is 1. The van der Waals surface area contributed by atoms with Crippen molar-refractivity contribution in [3.63, 3.8) is 0 Å². The van der Waals surface area contributed by atoms with E-state index in [0.717, 1.165) is 10.2 Å². The third-order valence-electron chi connectivity index (χ3n) is 2.04. The zero-order chi connectivity index (χ0) is 12.0. The lowest BCUT2D eigenvalue weighted by molar-refractivity contribution is -0.116. The Hall–Kier alpha value is -1.07. The fraction of sp³-hybridized carbons (Fsp3) is 0.364. The maximum Gasteiger partial charge on any atom is 0.225 e. The monoisotopic (exact) mass is 286 g/mol. The van der Waals surface area contributed by atoms with E-state index in [4.69, 9.17) is 4.74 Å². The lowest BCUT2D eigenvalue weighted by atomic mass is 10.3. The Balaban J connectivity index is 2.63. The standard InChI is InChI=1S/C11H15BrN2O2/c1-13-6-5-11(15)14-8-3-4-9(12)10(7-8)16-2/h3-4,7,13H,5-6H2,1-2H3,(H,14,15). The maximum absolute atomic E-state index is 11.5. The molecular weight excluding hydrogens is 272 g/mol. The van der Waals surface area contributed by atoms with Gasteiger partial charge in [-0.3, -0.25) is 4.79 Å². The van der Waals surface area contributed by atoms with Gasteiger partial charge in [-0.2, -0.15) is 0 Å². The Kier molecular flexibility index (Phi) is 5.28. The summed E-state index contributed by atoms with van der Waals surface area (Å²) in [6.07, 6.45) is 0.453. The van der Waals surface area contributed by atoms with Gasteiger partial charge in [0.2, 0.25) is 5.91 Å². The van der Waals surface area contributed by atoms with Crippen molar-refractivity contribution in [2.75, 3.05) is 26.0 Å². The summed E-state index contributed by atoms with van der Waals surface area (Å²) < 4.78 is 6.00. The Bertz CT molecular complexity index is 369. The predicted molar refractivity (Wildman–Crippen MR) is 67.9 cm³/mol. The highest BCUT2D eigenvalue weighted by Gasteiger charge is 2.04. The lowest BCUT2D eigenvalue weighted by Crippen LogP contribution is -2.18. The first kappa shape index (κ1) is 13.0. The van der Waals surface area contributed by atoms with Crippen LogP contribution in [0.3, 0.4) is 0 Å². The summed E-state index contributed by atoms with van der Waals surface area (Å²) in [5.74, 6) is 0.685. The van der Waals surface area contributed by atoms with Crippen LogP contribution in [0.4, 0.5) is 5.69 Å². The molecule has 0 saturated heterocycles. The number of carbonyl (C=O) groups excluding carboxylic acids is 1. The van der Waals surface area contributed by atoms with Crippen LogP contribution in [0.1, 0.15) is 6.42 Å². The number of hydrogen-bond donors (Lipinski definition) is 2. The number of methoxy groups -OCH3 is 1. The van der Waals surface area contributed by atoms with Crippen molar-refractivity contribution >= 4 is 27.5 Å². The summed E-state index contributed by atoms with van der Waals surface area (Å²) in [6, 6.07) is 5.44. The van der Waals surface area contributed by atoms with Gasteiger partial charge < -0.3 is 15.4 Å². The fourth-order valence-corrected chi connectivity index (χ4v) is 1.61. The van der Waals surface area contributed by atoms with E-state index in [9.17, 15) is 4.79 Å². The summed E-state index contributed by atoms with van der Waals surface area (Å²) in [6.45, 7) is 0.666. The van der Waals surface area contributed by atoms with E-state index in [1.54, 1.807) is 13.2 Å². The van der Waals surface area contributed by atoms with E-state index in [0.29, 0.717) is 18.7 Å². The second-order valence-electron chi connectivity index (χ2n) is 3.25. The molecule has 0 bridgehead atoms. The van der Waals surface area contributed by atoms with Gasteiger partial charge in [-0.25, -0.2) is 0 Å². The molecule has 0 spiro atoms. The van der Waals surface area contributed by atoms with Gasteiger partial charge in [-0.1, -0.05) is 0 Å². The van der Waals surface area contributed by atoms with E-state index in [1.165, 1.54) is 0 Å². The molecule has 0 saturated carbocycles. The summed E-state index contributed by atoms with van der Waals surface area (Å²) in [7, 11) is 3.41. The molecule has 0 aliphatic carbocycles.